The van der Waals surface area contributed by atoms with Crippen molar-refractivity contribution in [2.24, 2.45) is 0 Å². The van der Waals surface area contributed by atoms with Crippen molar-refractivity contribution >= 4 is 11.4 Å². The molecule has 2 aromatic carbocycles. The van der Waals surface area contributed by atoms with Gasteiger partial charge in [0.15, 0.2) is 11.5 Å². The van der Waals surface area contributed by atoms with Crippen LogP contribution in [0.3, 0.4) is 0 Å². The number of nitro benzene ring substituents is 1. The monoisotopic (exact) mass is 431 g/mol. The summed E-state index contributed by atoms with van der Waals surface area (Å²) in [6.45, 7) is 2.56. The number of benzene rings is 2. The Labute approximate surface area is 182 Å². The van der Waals surface area contributed by atoms with Crippen LogP contribution in [0.5, 0.6) is 23.0 Å². The zero-order valence-corrected chi connectivity index (χ0v) is 18.3. The second kappa shape index (κ2) is 10.2. The van der Waals surface area contributed by atoms with Crippen molar-refractivity contribution in [1.82, 2.24) is 4.90 Å². The van der Waals surface area contributed by atoms with Crippen molar-refractivity contribution in [1.29, 1.82) is 0 Å². The Hall–Kier alpha value is -3.20. The summed E-state index contributed by atoms with van der Waals surface area (Å²) in [4.78, 5) is 12.9. The Balaban J connectivity index is 1.63. The number of nitro groups is 1. The number of hydrogen-bond donors (Lipinski definition) is 1. The minimum atomic E-state index is -0.423. The molecule has 0 aliphatic carbocycles. The smallest absolute Gasteiger partial charge is 0.273 e. The molecule has 0 saturated carbocycles. The number of nitrogens with one attached hydrogen (secondary N) is 1. The highest BCUT2D eigenvalue weighted by Gasteiger charge is 2.23. The lowest BCUT2D eigenvalue weighted by atomic mass is 10.0. The fourth-order valence-electron chi connectivity index (χ4n) is 3.90. The number of likely N-dealkylation sites (tertiary alicyclic amines) is 1. The second-order valence-corrected chi connectivity index (χ2v) is 7.33. The van der Waals surface area contributed by atoms with E-state index in [4.69, 9.17) is 18.9 Å². The molecule has 0 spiro atoms. The Kier molecular flexibility index (Phi) is 7.41. The molecule has 1 heterocycles. The van der Waals surface area contributed by atoms with Crippen molar-refractivity contribution in [2.75, 3.05) is 46.8 Å². The van der Waals surface area contributed by atoms with E-state index in [0.29, 0.717) is 23.0 Å². The van der Waals surface area contributed by atoms with Crippen LogP contribution in [0.2, 0.25) is 0 Å². The van der Waals surface area contributed by atoms with E-state index in [1.54, 1.807) is 27.4 Å². The molecular formula is C22H29N3O6. The highest BCUT2D eigenvalue weighted by Crippen LogP contribution is 2.40. The molecule has 1 aliphatic rings. The van der Waals surface area contributed by atoms with E-state index in [-0.39, 0.29) is 11.7 Å². The molecule has 0 amide bonds. The number of non-ortho nitro benzene ring substituents is 1. The molecule has 1 aliphatic heterocycles. The van der Waals surface area contributed by atoms with E-state index in [0.717, 1.165) is 43.7 Å². The first-order valence-electron chi connectivity index (χ1n) is 10.1. The van der Waals surface area contributed by atoms with Gasteiger partial charge in [0.25, 0.3) is 5.69 Å². The van der Waals surface area contributed by atoms with E-state index in [2.05, 4.69) is 10.2 Å². The lowest BCUT2D eigenvalue weighted by Crippen LogP contribution is -2.38. The second-order valence-electron chi connectivity index (χ2n) is 7.33. The number of anilines is 1. The summed E-state index contributed by atoms with van der Waals surface area (Å²) in [5.41, 5.74) is 1.83. The molecule has 0 atom stereocenters. The van der Waals surface area contributed by atoms with Gasteiger partial charge in [0.2, 0.25) is 5.75 Å². The van der Waals surface area contributed by atoms with Gasteiger partial charge in [-0.25, -0.2) is 0 Å². The van der Waals surface area contributed by atoms with Crippen molar-refractivity contribution in [3.63, 3.8) is 0 Å². The van der Waals surface area contributed by atoms with Gasteiger partial charge in [0.05, 0.1) is 45.1 Å². The number of rotatable bonds is 9. The van der Waals surface area contributed by atoms with Gasteiger partial charge in [0, 0.05) is 37.3 Å². The topological polar surface area (TPSA) is 95.3 Å². The summed E-state index contributed by atoms with van der Waals surface area (Å²) in [7, 11) is 6.36. The van der Waals surface area contributed by atoms with Gasteiger partial charge in [-0.15, -0.1) is 0 Å². The van der Waals surface area contributed by atoms with Crippen LogP contribution in [-0.4, -0.2) is 57.4 Å². The van der Waals surface area contributed by atoms with Crippen LogP contribution in [0.4, 0.5) is 11.4 Å². The maximum absolute atomic E-state index is 11.0. The van der Waals surface area contributed by atoms with Gasteiger partial charge in [-0.3, -0.25) is 15.0 Å². The van der Waals surface area contributed by atoms with Crippen molar-refractivity contribution in [3.8, 4) is 23.0 Å². The van der Waals surface area contributed by atoms with Gasteiger partial charge < -0.3 is 24.3 Å². The number of piperidine rings is 1. The predicted molar refractivity (Wildman–Crippen MR) is 118 cm³/mol. The Morgan fingerprint density at radius 3 is 2.23 bits per heavy atom. The van der Waals surface area contributed by atoms with E-state index in [1.807, 2.05) is 12.1 Å². The third-order valence-electron chi connectivity index (χ3n) is 5.52. The van der Waals surface area contributed by atoms with Crippen LogP contribution in [0.1, 0.15) is 18.4 Å². The lowest BCUT2D eigenvalue weighted by Gasteiger charge is -2.33. The summed E-state index contributed by atoms with van der Waals surface area (Å²) >= 11 is 0. The van der Waals surface area contributed by atoms with E-state index in [9.17, 15) is 10.1 Å². The van der Waals surface area contributed by atoms with Crippen LogP contribution in [0.25, 0.3) is 0 Å². The molecule has 0 aromatic heterocycles. The van der Waals surface area contributed by atoms with Crippen LogP contribution < -0.4 is 24.3 Å². The highest BCUT2D eigenvalue weighted by atomic mass is 16.6. The zero-order valence-electron chi connectivity index (χ0n) is 18.3. The average Bonchev–Trinajstić information content (AvgIpc) is 2.79. The van der Waals surface area contributed by atoms with Crippen molar-refractivity contribution in [2.45, 2.75) is 25.4 Å². The Morgan fingerprint density at radius 1 is 0.968 bits per heavy atom. The molecule has 1 N–H and O–H groups in total. The summed E-state index contributed by atoms with van der Waals surface area (Å²) in [5, 5.41) is 14.5. The minimum absolute atomic E-state index is 0.0149. The first kappa shape index (κ1) is 22.5. The van der Waals surface area contributed by atoms with Crippen LogP contribution in [0, 0.1) is 10.1 Å². The summed E-state index contributed by atoms with van der Waals surface area (Å²) in [5.74, 6) is 2.41. The highest BCUT2D eigenvalue weighted by molar-refractivity contribution is 5.61. The zero-order chi connectivity index (χ0) is 22.4. The van der Waals surface area contributed by atoms with Crippen molar-refractivity contribution < 1.29 is 23.9 Å². The third kappa shape index (κ3) is 5.11. The molecular weight excluding hydrogens is 402 g/mol. The van der Waals surface area contributed by atoms with E-state index in [1.165, 1.54) is 19.2 Å². The van der Waals surface area contributed by atoms with Gasteiger partial charge >= 0.3 is 0 Å². The summed E-state index contributed by atoms with van der Waals surface area (Å²) in [6.07, 6.45) is 1.88. The first-order chi connectivity index (χ1) is 15.0. The molecule has 0 radical (unpaired) electrons. The molecule has 9 heteroatoms. The average molecular weight is 431 g/mol. The summed E-state index contributed by atoms with van der Waals surface area (Å²) in [6, 6.07) is 8.80. The van der Waals surface area contributed by atoms with Crippen LogP contribution in [0.15, 0.2) is 30.3 Å². The van der Waals surface area contributed by atoms with E-state index < -0.39 is 4.92 Å². The maximum Gasteiger partial charge on any atom is 0.273 e. The van der Waals surface area contributed by atoms with Crippen LogP contribution in [-0.2, 0) is 6.54 Å². The number of hydrogen-bond acceptors (Lipinski definition) is 8. The normalized spacial score (nSPS) is 14.7. The van der Waals surface area contributed by atoms with Gasteiger partial charge in [0.1, 0.15) is 5.75 Å². The molecule has 2 aromatic rings. The Bertz CT molecular complexity index is 912. The molecule has 31 heavy (non-hydrogen) atoms. The molecule has 3 rings (SSSR count). The molecule has 0 bridgehead atoms. The molecule has 1 fully saturated rings. The maximum atomic E-state index is 11.0. The van der Waals surface area contributed by atoms with Gasteiger partial charge in [-0.1, -0.05) is 6.07 Å². The number of ether oxygens (including phenoxy) is 4. The van der Waals surface area contributed by atoms with Gasteiger partial charge in [-0.2, -0.15) is 0 Å². The SMILES string of the molecule is COc1cc([N+](=O)[O-])ccc1NC1CCN(Cc2ccc(OC)c(OC)c2OC)CC1. The van der Waals surface area contributed by atoms with Crippen LogP contribution >= 0.6 is 0 Å². The number of nitrogens with zero attached hydrogens (tertiary/aromatic N) is 2. The molecule has 0 unspecified atom stereocenters. The molecule has 9 nitrogen and oxygen atoms in total. The quantitative estimate of drug-likeness (QED) is 0.474. The van der Waals surface area contributed by atoms with Crippen molar-refractivity contribution in [3.05, 3.63) is 46.0 Å². The predicted octanol–water partition coefficient (Wildman–Crippen LogP) is 3.71. The lowest BCUT2D eigenvalue weighted by molar-refractivity contribution is -0.384. The third-order valence-corrected chi connectivity index (χ3v) is 5.52. The van der Waals surface area contributed by atoms with E-state index >= 15 is 0 Å². The number of methoxy groups -OCH3 is 4. The first-order valence-corrected chi connectivity index (χ1v) is 10.1. The summed E-state index contributed by atoms with van der Waals surface area (Å²) < 4.78 is 21.8. The molecule has 168 valence electrons. The largest absolute Gasteiger partial charge is 0.494 e. The van der Waals surface area contributed by atoms with Gasteiger partial charge in [-0.05, 0) is 25.0 Å². The minimum Gasteiger partial charge on any atom is -0.494 e. The fraction of sp³-hybridized carbons (Fsp3) is 0.455. The standard InChI is InChI=1S/C22H29N3O6/c1-28-19-8-5-15(21(30-3)22(19)31-4)14-24-11-9-16(10-12-24)23-18-7-6-17(25(26)27)13-20(18)29-2/h5-8,13,16,23H,9-12,14H2,1-4H3. The fourth-order valence-corrected chi connectivity index (χ4v) is 3.90. The Morgan fingerprint density at radius 2 is 1.65 bits per heavy atom. The molecule has 1 saturated heterocycles.